The number of hydrogen-bond donors (Lipinski definition) is 1. The fraction of sp³-hybridized carbons (Fsp3) is 0.109. The van der Waals surface area contributed by atoms with E-state index in [-0.39, 0.29) is 11.3 Å². The monoisotopic (exact) mass is 662 g/mol. The van der Waals surface area contributed by atoms with E-state index in [2.05, 4.69) is 140 Å². The van der Waals surface area contributed by atoms with Crippen molar-refractivity contribution < 1.29 is 5.11 Å². The first kappa shape index (κ1) is 31.9. The molecule has 3 aromatic heterocycles. The first-order valence-electron chi connectivity index (χ1n) is 17.2. The Labute approximate surface area is 298 Å². The lowest BCUT2D eigenvalue weighted by molar-refractivity contribution is 0.453. The molecule has 0 unspecified atom stereocenters. The lowest BCUT2D eigenvalue weighted by Gasteiger charge is -2.19. The quantitative estimate of drug-likeness (QED) is 0.192. The molecule has 51 heavy (non-hydrogen) atoms. The molecule has 5 aromatic carbocycles. The minimum absolute atomic E-state index is 0.0509. The summed E-state index contributed by atoms with van der Waals surface area (Å²) in [5, 5.41) is 11.2. The predicted molar refractivity (Wildman–Crippen MR) is 209 cm³/mol. The number of para-hydroxylation sites is 2. The molecule has 0 amide bonds. The zero-order chi connectivity index (χ0) is 35.1. The molecule has 1 N–H and O–H groups in total. The minimum Gasteiger partial charge on any atom is -0.493 e. The van der Waals surface area contributed by atoms with Gasteiger partial charge in [0.2, 0.25) is 5.88 Å². The van der Waals surface area contributed by atoms with E-state index in [1.165, 1.54) is 0 Å². The van der Waals surface area contributed by atoms with Gasteiger partial charge in [-0.2, -0.15) is 0 Å². The summed E-state index contributed by atoms with van der Waals surface area (Å²) in [6.45, 7) is 8.54. The van der Waals surface area contributed by atoms with Crippen molar-refractivity contribution in [3.63, 3.8) is 0 Å². The largest absolute Gasteiger partial charge is 0.493 e. The van der Waals surface area contributed by atoms with Crippen LogP contribution >= 0.6 is 0 Å². The van der Waals surface area contributed by atoms with Gasteiger partial charge < -0.3 is 5.11 Å². The average molecular weight is 663 g/mol. The normalized spacial score (nSPS) is 11.6. The fourth-order valence-electron chi connectivity index (χ4n) is 6.72. The maximum atomic E-state index is 11.2. The van der Waals surface area contributed by atoms with E-state index in [9.17, 15) is 5.11 Å². The van der Waals surface area contributed by atoms with Crippen LogP contribution in [0.1, 0.15) is 31.9 Å². The van der Waals surface area contributed by atoms with Gasteiger partial charge in [-0.1, -0.05) is 112 Å². The predicted octanol–water partition coefficient (Wildman–Crippen LogP) is 11.5. The number of imidazole rings is 1. The number of pyridine rings is 2. The molecular weight excluding hydrogens is 625 g/mol. The van der Waals surface area contributed by atoms with Crippen molar-refractivity contribution >= 4 is 11.0 Å². The van der Waals surface area contributed by atoms with E-state index in [1.807, 2.05) is 42.6 Å². The van der Waals surface area contributed by atoms with E-state index in [0.29, 0.717) is 11.4 Å². The fourth-order valence-corrected chi connectivity index (χ4v) is 6.72. The van der Waals surface area contributed by atoms with E-state index in [0.717, 1.165) is 72.5 Å². The molecule has 0 saturated heterocycles. The van der Waals surface area contributed by atoms with Crippen LogP contribution in [0, 0.1) is 6.92 Å². The third-order valence-electron chi connectivity index (χ3n) is 9.51. The van der Waals surface area contributed by atoms with Gasteiger partial charge in [0.1, 0.15) is 0 Å². The molecule has 0 bridgehead atoms. The van der Waals surface area contributed by atoms with Gasteiger partial charge in [-0.05, 0) is 99.8 Å². The summed E-state index contributed by atoms with van der Waals surface area (Å²) < 4.78 is 2.12. The number of aryl methyl sites for hydroxylation is 1. The molecular formula is C46H38N4O. The zero-order valence-electron chi connectivity index (χ0n) is 29.2. The molecule has 8 rings (SSSR count). The van der Waals surface area contributed by atoms with Gasteiger partial charge in [0.05, 0.1) is 22.3 Å². The third-order valence-corrected chi connectivity index (χ3v) is 9.51. The number of hydrogen-bond acceptors (Lipinski definition) is 4. The van der Waals surface area contributed by atoms with Gasteiger partial charge in [-0.15, -0.1) is 0 Å². The smallest absolute Gasteiger partial charge is 0.222 e. The van der Waals surface area contributed by atoms with Crippen LogP contribution in [0.15, 0.2) is 152 Å². The van der Waals surface area contributed by atoms with Crippen molar-refractivity contribution in [2.24, 2.45) is 0 Å². The van der Waals surface area contributed by atoms with Crippen LogP contribution in [0.4, 0.5) is 0 Å². The Hall–Kier alpha value is -6.33. The van der Waals surface area contributed by atoms with Gasteiger partial charge in [-0.25, -0.2) is 9.97 Å². The minimum atomic E-state index is -0.164. The van der Waals surface area contributed by atoms with Crippen LogP contribution in [0.25, 0.3) is 72.7 Å². The van der Waals surface area contributed by atoms with E-state index < -0.39 is 0 Å². The molecule has 5 heteroatoms. The molecule has 0 aliphatic rings. The molecule has 0 radical (unpaired) electrons. The van der Waals surface area contributed by atoms with Crippen molar-refractivity contribution in [2.75, 3.05) is 0 Å². The number of nitrogens with zero attached hydrogens (tertiary/aromatic N) is 4. The Morgan fingerprint density at radius 1 is 0.549 bits per heavy atom. The second-order valence-corrected chi connectivity index (χ2v) is 14.0. The highest BCUT2D eigenvalue weighted by Gasteiger charge is 2.23. The molecule has 8 aromatic rings. The highest BCUT2D eigenvalue weighted by Crippen LogP contribution is 2.40. The molecule has 5 nitrogen and oxygen atoms in total. The van der Waals surface area contributed by atoms with E-state index >= 15 is 0 Å². The summed E-state index contributed by atoms with van der Waals surface area (Å²) in [6.07, 6.45) is 3.71. The molecule has 248 valence electrons. The first-order valence-corrected chi connectivity index (χ1v) is 17.2. The highest BCUT2D eigenvalue weighted by atomic mass is 16.3. The van der Waals surface area contributed by atoms with Gasteiger partial charge in [0.15, 0.2) is 5.82 Å². The van der Waals surface area contributed by atoms with E-state index in [4.69, 9.17) is 9.97 Å². The summed E-state index contributed by atoms with van der Waals surface area (Å²) in [6, 6.07) is 48.3. The average Bonchev–Trinajstić information content (AvgIpc) is 3.55. The Kier molecular flexibility index (Phi) is 8.04. The molecule has 0 saturated carbocycles. The Morgan fingerprint density at radius 3 is 1.90 bits per heavy atom. The van der Waals surface area contributed by atoms with Gasteiger partial charge in [0.25, 0.3) is 0 Å². The standard InChI is InChI=1S/C46H38N4O/c1-30-28-47-41(27-39(30)32-17-10-6-11-18-32)35-24-33(31-15-8-5-9-16-31)23-34(25-35)38-21-14-22-42-43(38)49-44(50(42)37-19-12-7-13-20-37)40-26-36(46(2,3)4)29-48-45(40)51/h5-29H,1-4H3,(H,48,51). The Morgan fingerprint density at radius 2 is 1.20 bits per heavy atom. The molecule has 0 aliphatic heterocycles. The summed E-state index contributed by atoms with van der Waals surface area (Å²) in [5.41, 5.74) is 13.7. The van der Waals surface area contributed by atoms with Crippen molar-refractivity contribution in [1.82, 2.24) is 19.5 Å². The van der Waals surface area contributed by atoms with Crippen LogP contribution in [-0.4, -0.2) is 24.6 Å². The lowest BCUT2D eigenvalue weighted by atomic mass is 9.87. The van der Waals surface area contributed by atoms with Crippen molar-refractivity contribution in [2.45, 2.75) is 33.1 Å². The second kappa shape index (κ2) is 12.8. The summed E-state index contributed by atoms with van der Waals surface area (Å²) in [7, 11) is 0. The topological polar surface area (TPSA) is 63.8 Å². The van der Waals surface area contributed by atoms with Gasteiger partial charge >= 0.3 is 0 Å². The molecule has 0 atom stereocenters. The van der Waals surface area contributed by atoms with Gasteiger partial charge in [-0.3, -0.25) is 9.55 Å². The van der Waals surface area contributed by atoms with Crippen molar-refractivity contribution in [1.29, 1.82) is 0 Å². The van der Waals surface area contributed by atoms with Crippen molar-refractivity contribution in [3.05, 3.63) is 163 Å². The van der Waals surface area contributed by atoms with Crippen molar-refractivity contribution in [3.8, 4) is 67.6 Å². The maximum Gasteiger partial charge on any atom is 0.222 e. The second-order valence-electron chi connectivity index (χ2n) is 14.0. The zero-order valence-corrected chi connectivity index (χ0v) is 29.2. The van der Waals surface area contributed by atoms with Crippen LogP contribution in [0.3, 0.4) is 0 Å². The SMILES string of the molecule is Cc1cnc(-c2cc(-c3ccccc3)cc(-c3cccc4c3nc(-c3cc(C(C)(C)C)cnc3O)n4-c3ccccc3)c2)cc1-c1ccccc1. The summed E-state index contributed by atoms with van der Waals surface area (Å²) >= 11 is 0. The molecule has 3 heterocycles. The number of fused-ring (bicyclic) bond motifs is 1. The lowest BCUT2D eigenvalue weighted by Crippen LogP contribution is -2.12. The third kappa shape index (κ3) is 6.08. The Bertz CT molecular complexity index is 2510. The van der Waals surface area contributed by atoms with Crippen LogP contribution in [-0.2, 0) is 5.41 Å². The summed E-state index contributed by atoms with van der Waals surface area (Å²) in [5.74, 6) is 0.581. The number of rotatable bonds is 6. The first-order chi connectivity index (χ1) is 24.7. The van der Waals surface area contributed by atoms with Gasteiger partial charge in [0, 0.05) is 29.2 Å². The van der Waals surface area contributed by atoms with Crippen LogP contribution in [0.5, 0.6) is 5.88 Å². The van der Waals surface area contributed by atoms with Crippen LogP contribution in [0.2, 0.25) is 0 Å². The maximum absolute atomic E-state index is 11.2. The number of aromatic nitrogens is 4. The van der Waals surface area contributed by atoms with Crippen LogP contribution < -0.4 is 0 Å². The number of benzene rings is 5. The van der Waals surface area contributed by atoms with E-state index in [1.54, 1.807) is 6.20 Å². The molecule has 0 spiro atoms. The molecule has 0 fully saturated rings. The summed E-state index contributed by atoms with van der Waals surface area (Å²) in [4.78, 5) is 14.7. The number of aromatic hydroxyl groups is 1. The highest BCUT2D eigenvalue weighted by molar-refractivity contribution is 5.97. The molecule has 0 aliphatic carbocycles. The Balaban J connectivity index is 1.38.